The van der Waals surface area contributed by atoms with Gasteiger partial charge in [0.2, 0.25) is 0 Å². The fourth-order valence-corrected chi connectivity index (χ4v) is 2.53. The van der Waals surface area contributed by atoms with Crippen LogP contribution in [-0.4, -0.2) is 20.5 Å². The molecule has 92 valence electrons. The number of thiazole rings is 1. The summed E-state index contributed by atoms with van der Waals surface area (Å²) >= 11 is 2.21. The molecule has 2 heterocycles. The Morgan fingerprint density at radius 3 is 3.11 bits per heavy atom. The molecule has 1 N–H and O–H groups in total. The number of aryl methyl sites for hydroxylation is 1. The van der Waals surface area contributed by atoms with Crippen molar-refractivity contribution in [2.24, 2.45) is 0 Å². The first-order chi connectivity index (χ1) is 8.74. The quantitative estimate of drug-likeness (QED) is 0.925. The highest BCUT2D eigenvalue weighted by molar-refractivity contribution is 7.16. The lowest BCUT2D eigenvalue weighted by atomic mass is 10.2. The third kappa shape index (κ3) is 2.69. The summed E-state index contributed by atoms with van der Waals surface area (Å²) in [6.45, 7) is 2.01. The highest BCUT2D eigenvalue weighted by Gasteiger charge is 2.16. The van der Waals surface area contributed by atoms with Gasteiger partial charge in [-0.3, -0.25) is 10.1 Å². The Morgan fingerprint density at radius 2 is 2.44 bits per heavy atom. The topological polar surface area (TPSA) is 91.6 Å². The van der Waals surface area contributed by atoms with E-state index in [0.717, 1.165) is 35.7 Å². The summed E-state index contributed by atoms with van der Waals surface area (Å²) in [6, 6.07) is 1.97. The fourth-order valence-electron chi connectivity index (χ4n) is 1.32. The first-order valence-electron chi connectivity index (χ1n) is 5.23. The van der Waals surface area contributed by atoms with Gasteiger partial charge < -0.3 is 0 Å². The Morgan fingerprint density at radius 1 is 1.61 bits per heavy atom. The number of carbonyl (C=O) groups is 1. The first-order valence-corrected chi connectivity index (χ1v) is 6.82. The molecule has 0 saturated carbocycles. The molecule has 0 spiro atoms. The summed E-state index contributed by atoms with van der Waals surface area (Å²) < 4.78 is 3.79. The molecular weight excluding hydrogens is 270 g/mol. The lowest BCUT2D eigenvalue weighted by Gasteiger charge is -1.99. The minimum Gasteiger partial charge on any atom is -0.297 e. The van der Waals surface area contributed by atoms with Gasteiger partial charge in [0.1, 0.15) is 15.8 Å². The second kappa shape index (κ2) is 5.66. The molecule has 0 fully saturated rings. The zero-order valence-electron chi connectivity index (χ0n) is 9.51. The van der Waals surface area contributed by atoms with Gasteiger partial charge in [-0.2, -0.15) is 5.26 Å². The number of hydrogen-bond acceptors (Lipinski definition) is 7. The number of nitrogens with one attached hydrogen (secondary N) is 1. The van der Waals surface area contributed by atoms with Gasteiger partial charge in [-0.1, -0.05) is 29.2 Å². The van der Waals surface area contributed by atoms with E-state index in [2.05, 4.69) is 19.9 Å². The Bertz CT molecular complexity index is 597. The van der Waals surface area contributed by atoms with Gasteiger partial charge in [0.05, 0.1) is 11.9 Å². The van der Waals surface area contributed by atoms with Crippen LogP contribution in [0.25, 0.3) is 0 Å². The van der Waals surface area contributed by atoms with Crippen LogP contribution in [0.2, 0.25) is 0 Å². The van der Waals surface area contributed by atoms with Gasteiger partial charge in [0.15, 0.2) is 5.13 Å². The summed E-state index contributed by atoms with van der Waals surface area (Å²) in [4.78, 5) is 16.9. The van der Waals surface area contributed by atoms with Crippen molar-refractivity contribution in [3.63, 3.8) is 0 Å². The van der Waals surface area contributed by atoms with Crippen molar-refractivity contribution in [2.75, 3.05) is 5.32 Å². The molecule has 8 heteroatoms. The van der Waals surface area contributed by atoms with Crippen molar-refractivity contribution in [1.82, 2.24) is 14.6 Å². The molecule has 6 nitrogen and oxygen atoms in total. The van der Waals surface area contributed by atoms with Crippen molar-refractivity contribution in [3.05, 3.63) is 21.6 Å². The average molecular weight is 279 g/mol. The fraction of sp³-hybridized carbons (Fsp3) is 0.300. The first kappa shape index (κ1) is 12.6. The number of nitrogens with zero attached hydrogens (tertiary/aromatic N) is 4. The number of nitriles is 1. The van der Waals surface area contributed by atoms with Crippen LogP contribution in [0.3, 0.4) is 0 Å². The predicted molar refractivity (Wildman–Crippen MR) is 68.7 cm³/mol. The van der Waals surface area contributed by atoms with Crippen molar-refractivity contribution in [3.8, 4) is 6.07 Å². The molecule has 18 heavy (non-hydrogen) atoms. The lowest BCUT2D eigenvalue weighted by molar-refractivity contribution is 0.102. The number of rotatable bonds is 4. The zero-order valence-corrected chi connectivity index (χ0v) is 11.1. The van der Waals surface area contributed by atoms with Crippen LogP contribution in [0.1, 0.15) is 33.6 Å². The summed E-state index contributed by atoms with van der Waals surface area (Å²) in [6.07, 6.45) is 3.06. The number of carbonyl (C=O) groups excluding carboxylic acids is 1. The van der Waals surface area contributed by atoms with Crippen LogP contribution in [0.15, 0.2) is 6.20 Å². The van der Waals surface area contributed by atoms with E-state index < -0.39 is 0 Å². The highest BCUT2D eigenvalue weighted by atomic mass is 32.1. The van der Waals surface area contributed by atoms with E-state index in [1.165, 1.54) is 6.20 Å². The van der Waals surface area contributed by atoms with Crippen LogP contribution in [0.4, 0.5) is 5.13 Å². The molecule has 0 bridgehead atoms. The Hall–Kier alpha value is -1.85. The van der Waals surface area contributed by atoms with Gasteiger partial charge in [-0.15, -0.1) is 5.10 Å². The molecular formula is C10H9N5OS2. The Balaban J connectivity index is 2.12. The van der Waals surface area contributed by atoms with Crippen molar-refractivity contribution >= 4 is 33.9 Å². The summed E-state index contributed by atoms with van der Waals surface area (Å²) in [5.74, 6) is -0.271. The van der Waals surface area contributed by atoms with E-state index >= 15 is 0 Å². The Labute approximate surface area is 111 Å². The van der Waals surface area contributed by atoms with Crippen LogP contribution < -0.4 is 5.32 Å². The zero-order chi connectivity index (χ0) is 13.0. The van der Waals surface area contributed by atoms with Crippen LogP contribution in [0.5, 0.6) is 0 Å². The normalized spacial score (nSPS) is 10.0. The maximum absolute atomic E-state index is 12.0. The summed E-state index contributed by atoms with van der Waals surface area (Å²) in [5, 5.41) is 15.7. The Kier molecular flexibility index (Phi) is 3.96. The summed E-state index contributed by atoms with van der Waals surface area (Å²) in [5.41, 5.74) is 0.706. The van der Waals surface area contributed by atoms with Gasteiger partial charge in [0, 0.05) is 0 Å². The van der Waals surface area contributed by atoms with E-state index in [9.17, 15) is 4.79 Å². The van der Waals surface area contributed by atoms with E-state index in [-0.39, 0.29) is 5.91 Å². The molecule has 2 rings (SSSR count). The van der Waals surface area contributed by atoms with Crippen LogP contribution >= 0.6 is 22.9 Å². The molecule has 0 aliphatic heterocycles. The van der Waals surface area contributed by atoms with Gasteiger partial charge in [-0.05, 0) is 18.0 Å². The van der Waals surface area contributed by atoms with E-state index in [0.29, 0.717) is 20.6 Å². The number of aromatic nitrogens is 3. The lowest BCUT2D eigenvalue weighted by Crippen LogP contribution is -2.12. The molecule has 0 aliphatic carbocycles. The molecule has 2 aromatic rings. The van der Waals surface area contributed by atoms with E-state index in [1.807, 2.05) is 13.0 Å². The van der Waals surface area contributed by atoms with Crippen molar-refractivity contribution < 1.29 is 4.79 Å². The van der Waals surface area contributed by atoms with E-state index in [1.54, 1.807) is 0 Å². The monoisotopic (exact) mass is 279 g/mol. The second-order valence-corrected chi connectivity index (χ2v) is 5.18. The maximum atomic E-state index is 12.0. The molecule has 1 amide bonds. The van der Waals surface area contributed by atoms with Gasteiger partial charge in [-0.25, -0.2) is 4.98 Å². The van der Waals surface area contributed by atoms with Gasteiger partial charge >= 0.3 is 0 Å². The number of amides is 1. The molecule has 0 unspecified atom stereocenters. The van der Waals surface area contributed by atoms with Crippen LogP contribution in [0, 0.1) is 11.3 Å². The number of anilines is 1. The second-order valence-electron chi connectivity index (χ2n) is 3.39. The smallest absolute Gasteiger partial charge is 0.271 e. The van der Waals surface area contributed by atoms with E-state index in [4.69, 9.17) is 5.26 Å². The average Bonchev–Trinajstić information content (AvgIpc) is 2.98. The molecule has 0 radical (unpaired) electrons. The van der Waals surface area contributed by atoms with Crippen molar-refractivity contribution in [2.45, 2.75) is 19.8 Å². The summed E-state index contributed by atoms with van der Waals surface area (Å²) in [7, 11) is 0. The largest absolute Gasteiger partial charge is 0.297 e. The third-order valence-electron chi connectivity index (χ3n) is 2.09. The SMILES string of the molecule is CCCc1nnsc1C(=O)Nc1ncc(C#N)s1. The van der Waals surface area contributed by atoms with Crippen LogP contribution in [-0.2, 0) is 6.42 Å². The third-order valence-corrected chi connectivity index (χ3v) is 3.67. The van der Waals surface area contributed by atoms with Crippen molar-refractivity contribution in [1.29, 1.82) is 5.26 Å². The number of hydrogen-bond donors (Lipinski definition) is 1. The van der Waals surface area contributed by atoms with Gasteiger partial charge in [0.25, 0.3) is 5.91 Å². The molecule has 0 atom stereocenters. The standard InChI is InChI=1S/C10H9N5OS2/c1-2-3-7-8(18-15-14-7)9(16)13-10-12-5-6(4-11)17-10/h5H,2-3H2,1H3,(H,12,13,16). The molecule has 0 aliphatic rings. The highest BCUT2D eigenvalue weighted by Crippen LogP contribution is 2.19. The minimum absolute atomic E-state index is 0.271. The predicted octanol–water partition coefficient (Wildman–Crippen LogP) is 2.07. The minimum atomic E-state index is -0.271. The maximum Gasteiger partial charge on any atom is 0.271 e. The molecule has 0 saturated heterocycles. The molecule has 2 aromatic heterocycles. The molecule has 0 aromatic carbocycles.